The van der Waals surface area contributed by atoms with Gasteiger partial charge in [0.2, 0.25) is 0 Å². The Balaban J connectivity index is 1.79. The average molecular weight is 379 g/mol. The lowest BCUT2D eigenvalue weighted by Crippen LogP contribution is -2.09. The van der Waals surface area contributed by atoms with E-state index in [9.17, 15) is 9.18 Å². The van der Waals surface area contributed by atoms with Crippen LogP contribution in [0.3, 0.4) is 0 Å². The Morgan fingerprint density at radius 1 is 1.04 bits per heavy atom. The molecule has 0 spiro atoms. The van der Waals surface area contributed by atoms with Gasteiger partial charge in [-0.05, 0) is 72.0 Å². The molecular weight excluding hydrogens is 357 g/mol. The van der Waals surface area contributed by atoms with Crippen molar-refractivity contribution >= 4 is 11.7 Å². The van der Waals surface area contributed by atoms with Gasteiger partial charge in [0.1, 0.15) is 11.6 Å². The molecule has 144 valence electrons. The van der Waals surface area contributed by atoms with Crippen LogP contribution in [0.2, 0.25) is 0 Å². The summed E-state index contributed by atoms with van der Waals surface area (Å²) in [6.07, 6.45) is 0. The number of carboxylic acid groups (broad SMARTS) is 1. The van der Waals surface area contributed by atoms with Gasteiger partial charge < -0.3 is 15.2 Å². The zero-order valence-electron chi connectivity index (χ0n) is 15.8. The lowest BCUT2D eigenvalue weighted by Gasteiger charge is -2.15. The molecule has 0 radical (unpaired) electrons. The second-order valence-electron chi connectivity index (χ2n) is 6.65. The van der Waals surface area contributed by atoms with Crippen molar-refractivity contribution in [3.05, 3.63) is 83.2 Å². The van der Waals surface area contributed by atoms with Crippen LogP contribution >= 0.6 is 0 Å². The third-order valence-corrected chi connectivity index (χ3v) is 4.61. The molecule has 0 atom stereocenters. The molecule has 0 bridgehead atoms. The van der Waals surface area contributed by atoms with Gasteiger partial charge >= 0.3 is 5.97 Å². The van der Waals surface area contributed by atoms with E-state index in [0.717, 1.165) is 27.9 Å². The fraction of sp³-hybridized carbons (Fsp3) is 0.174. The molecule has 0 amide bonds. The van der Waals surface area contributed by atoms with Gasteiger partial charge in [0.15, 0.2) is 6.61 Å². The largest absolute Gasteiger partial charge is 0.482 e. The van der Waals surface area contributed by atoms with E-state index in [-0.39, 0.29) is 12.4 Å². The predicted octanol–water partition coefficient (Wildman–Crippen LogP) is 5.19. The summed E-state index contributed by atoms with van der Waals surface area (Å²) in [7, 11) is 0. The Morgan fingerprint density at radius 3 is 2.57 bits per heavy atom. The van der Waals surface area contributed by atoms with Gasteiger partial charge in [-0.1, -0.05) is 24.3 Å². The topological polar surface area (TPSA) is 58.6 Å². The molecule has 28 heavy (non-hydrogen) atoms. The van der Waals surface area contributed by atoms with Crippen molar-refractivity contribution in [2.45, 2.75) is 20.4 Å². The monoisotopic (exact) mass is 379 g/mol. The highest BCUT2D eigenvalue weighted by Gasteiger charge is 2.08. The number of hydrogen-bond donors (Lipinski definition) is 2. The lowest BCUT2D eigenvalue weighted by molar-refractivity contribution is -0.139. The number of ether oxygens (including phenoxy) is 1. The van der Waals surface area contributed by atoms with Crippen molar-refractivity contribution in [3.63, 3.8) is 0 Å². The Labute approximate surface area is 163 Å². The van der Waals surface area contributed by atoms with Crippen molar-refractivity contribution in [3.8, 4) is 16.9 Å². The Kier molecular flexibility index (Phi) is 5.94. The Morgan fingerprint density at radius 2 is 1.82 bits per heavy atom. The molecule has 2 N–H and O–H groups in total. The number of halogens is 1. The van der Waals surface area contributed by atoms with E-state index in [1.165, 1.54) is 17.7 Å². The van der Waals surface area contributed by atoms with Crippen LogP contribution in [0, 0.1) is 19.7 Å². The van der Waals surface area contributed by atoms with Gasteiger partial charge in [0.25, 0.3) is 0 Å². The van der Waals surface area contributed by atoms with Crippen LogP contribution in [0.15, 0.2) is 60.7 Å². The fourth-order valence-electron chi connectivity index (χ4n) is 2.99. The number of aliphatic carboxylic acids is 1. The lowest BCUT2D eigenvalue weighted by atomic mass is 9.95. The summed E-state index contributed by atoms with van der Waals surface area (Å²) in [4.78, 5) is 10.6. The number of hydrogen-bond acceptors (Lipinski definition) is 3. The van der Waals surface area contributed by atoms with Gasteiger partial charge in [0.05, 0.1) is 0 Å². The van der Waals surface area contributed by atoms with E-state index in [1.54, 1.807) is 24.3 Å². The van der Waals surface area contributed by atoms with Crippen LogP contribution in [0.1, 0.15) is 16.7 Å². The zero-order valence-corrected chi connectivity index (χ0v) is 15.8. The highest BCUT2D eigenvalue weighted by Crippen LogP contribution is 2.27. The van der Waals surface area contributed by atoms with Crippen molar-refractivity contribution in [2.75, 3.05) is 11.9 Å². The highest BCUT2D eigenvalue weighted by molar-refractivity contribution is 5.68. The quantitative estimate of drug-likeness (QED) is 0.593. The summed E-state index contributed by atoms with van der Waals surface area (Å²) in [5.41, 5.74) is 6.06. The van der Waals surface area contributed by atoms with Crippen LogP contribution in [0.5, 0.6) is 5.75 Å². The minimum atomic E-state index is -1.02. The average Bonchev–Trinajstić information content (AvgIpc) is 2.67. The van der Waals surface area contributed by atoms with Crippen LogP contribution in [-0.2, 0) is 11.3 Å². The smallest absolute Gasteiger partial charge is 0.341 e. The molecule has 0 saturated carbocycles. The van der Waals surface area contributed by atoms with Gasteiger partial charge in [-0.25, -0.2) is 9.18 Å². The Hall–Kier alpha value is -3.34. The molecule has 3 aromatic rings. The highest BCUT2D eigenvalue weighted by atomic mass is 19.1. The third-order valence-electron chi connectivity index (χ3n) is 4.61. The number of benzene rings is 3. The van der Waals surface area contributed by atoms with Gasteiger partial charge in [-0.2, -0.15) is 0 Å². The van der Waals surface area contributed by atoms with E-state index in [2.05, 4.69) is 24.4 Å². The number of carboxylic acids is 1. The third kappa shape index (κ3) is 4.88. The first kappa shape index (κ1) is 19.4. The maximum Gasteiger partial charge on any atom is 0.341 e. The van der Waals surface area contributed by atoms with Gasteiger partial charge in [-0.3, -0.25) is 0 Å². The minimum absolute atomic E-state index is 0.256. The van der Waals surface area contributed by atoms with Crippen LogP contribution in [-0.4, -0.2) is 17.7 Å². The van der Waals surface area contributed by atoms with E-state index >= 15 is 0 Å². The van der Waals surface area contributed by atoms with Crippen molar-refractivity contribution < 1.29 is 19.0 Å². The minimum Gasteiger partial charge on any atom is -0.482 e. The number of nitrogens with one attached hydrogen (secondary N) is 1. The first-order valence-electron chi connectivity index (χ1n) is 8.97. The summed E-state index contributed by atoms with van der Waals surface area (Å²) < 4.78 is 18.8. The van der Waals surface area contributed by atoms with Crippen molar-refractivity contribution in [2.24, 2.45) is 0 Å². The summed E-state index contributed by atoms with van der Waals surface area (Å²) in [6.45, 7) is 4.31. The zero-order chi connectivity index (χ0) is 20.1. The molecule has 0 saturated heterocycles. The summed E-state index contributed by atoms with van der Waals surface area (Å²) in [5.74, 6) is -0.777. The molecule has 3 rings (SSSR count). The Bertz CT molecular complexity index is 1000. The molecule has 0 aliphatic heterocycles. The van der Waals surface area contributed by atoms with Crippen LogP contribution in [0.4, 0.5) is 10.1 Å². The standard InChI is InChI=1S/C23H22FNO3/c1-15-9-18(17-5-3-6-20(24)11-17)10-19(16(15)2)13-25-21-7-4-8-22(12-21)28-14-23(26)27/h3-12,25H,13-14H2,1-2H3,(H,26,27). The van der Waals surface area contributed by atoms with E-state index in [4.69, 9.17) is 9.84 Å². The van der Waals surface area contributed by atoms with E-state index in [1.807, 2.05) is 19.1 Å². The maximum atomic E-state index is 13.6. The predicted molar refractivity (Wildman–Crippen MR) is 108 cm³/mol. The number of anilines is 1. The molecule has 0 unspecified atom stereocenters. The second-order valence-corrected chi connectivity index (χ2v) is 6.65. The molecule has 0 fully saturated rings. The van der Waals surface area contributed by atoms with Crippen LogP contribution in [0.25, 0.3) is 11.1 Å². The summed E-state index contributed by atoms with van der Waals surface area (Å²) >= 11 is 0. The first-order chi connectivity index (χ1) is 13.4. The molecule has 4 nitrogen and oxygen atoms in total. The molecule has 0 aliphatic carbocycles. The molecule has 0 aromatic heterocycles. The second kappa shape index (κ2) is 8.57. The normalized spacial score (nSPS) is 10.5. The van der Waals surface area contributed by atoms with Crippen molar-refractivity contribution in [1.82, 2.24) is 0 Å². The van der Waals surface area contributed by atoms with Crippen LogP contribution < -0.4 is 10.1 Å². The van der Waals surface area contributed by atoms with Gasteiger partial charge in [0, 0.05) is 18.3 Å². The SMILES string of the molecule is Cc1cc(-c2cccc(F)c2)cc(CNc2cccc(OCC(=O)O)c2)c1C. The number of aryl methyl sites for hydroxylation is 1. The molecule has 0 heterocycles. The van der Waals surface area contributed by atoms with E-state index in [0.29, 0.717) is 12.3 Å². The summed E-state index contributed by atoms with van der Waals surface area (Å²) in [5, 5.41) is 12.1. The first-order valence-corrected chi connectivity index (χ1v) is 8.97. The number of rotatable bonds is 7. The van der Waals surface area contributed by atoms with Crippen molar-refractivity contribution in [1.29, 1.82) is 0 Å². The molecule has 3 aromatic carbocycles. The van der Waals surface area contributed by atoms with E-state index < -0.39 is 5.97 Å². The molecule has 0 aliphatic rings. The molecular formula is C23H22FNO3. The maximum absolute atomic E-state index is 13.6. The van der Waals surface area contributed by atoms with Gasteiger partial charge in [-0.15, -0.1) is 0 Å². The molecule has 5 heteroatoms. The fourth-order valence-corrected chi connectivity index (χ4v) is 2.99. The summed E-state index contributed by atoms with van der Waals surface area (Å²) in [6, 6.07) is 17.9. The number of carbonyl (C=O) groups is 1.